The molecule has 18 heavy (non-hydrogen) atoms. The lowest BCUT2D eigenvalue weighted by atomic mass is 9.92. The van der Waals surface area contributed by atoms with Crippen LogP contribution < -0.4 is 4.74 Å². The summed E-state index contributed by atoms with van der Waals surface area (Å²) in [6.45, 7) is 3.86. The lowest BCUT2D eigenvalue weighted by Gasteiger charge is -2.16. The van der Waals surface area contributed by atoms with Gasteiger partial charge in [-0.05, 0) is 38.5 Å². The number of ether oxygens (including phenoxy) is 1. The average molecular weight is 268 g/mol. The first-order valence-corrected chi connectivity index (χ1v) is 5.80. The van der Waals surface area contributed by atoms with E-state index in [-0.39, 0.29) is 17.9 Å². The van der Waals surface area contributed by atoms with Crippen molar-refractivity contribution in [2.24, 2.45) is 5.41 Å². The molecule has 0 saturated heterocycles. The molecule has 1 N–H and O–H groups in total. The highest BCUT2D eigenvalue weighted by Crippen LogP contribution is 2.25. The summed E-state index contributed by atoms with van der Waals surface area (Å²) in [7, 11) is 0. The number of carboxylic acids is 1. The van der Waals surface area contributed by atoms with Crippen LogP contribution in [-0.4, -0.2) is 17.7 Å². The Labute approximate surface area is 111 Å². The highest BCUT2D eigenvalue weighted by Gasteiger charge is 2.18. The van der Waals surface area contributed by atoms with Crippen LogP contribution in [-0.2, 0) is 0 Å². The van der Waals surface area contributed by atoms with Crippen LogP contribution in [0.2, 0.25) is 5.02 Å². The van der Waals surface area contributed by atoms with E-state index in [2.05, 4.69) is 6.07 Å². The van der Waals surface area contributed by atoms with Crippen molar-refractivity contribution in [3.05, 3.63) is 28.8 Å². The molecule has 0 spiro atoms. The minimum atomic E-state index is -1.07. The minimum Gasteiger partial charge on any atom is -0.493 e. The van der Waals surface area contributed by atoms with Crippen LogP contribution in [0, 0.1) is 16.7 Å². The highest BCUT2D eigenvalue weighted by atomic mass is 35.5. The summed E-state index contributed by atoms with van der Waals surface area (Å²) < 4.78 is 5.40. The van der Waals surface area contributed by atoms with Crippen LogP contribution in [0.25, 0.3) is 0 Å². The fourth-order valence-electron chi connectivity index (χ4n) is 1.26. The lowest BCUT2D eigenvalue weighted by Crippen LogP contribution is -2.14. The Bertz CT molecular complexity index is 491. The zero-order valence-electron chi connectivity index (χ0n) is 10.2. The minimum absolute atomic E-state index is 0.0640. The maximum absolute atomic E-state index is 11.0. The van der Waals surface area contributed by atoms with Crippen molar-refractivity contribution < 1.29 is 14.6 Å². The van der Waals surface area contributed by atoms with Crippen molar-refractivity contribution in [2.45, 2.75) is 20.3 Å². The van der Waals surface area contributed by atoms with Gasteiger partial charge in [0.1, 0.15) is 11.3 Å². The second-order valence-electron chi connectivity index (χ2n) is 4.54. The monoisotopic (exact) mass is 267 g/mol. The summed E-state index contributed by atoms with van der Waals surface area (Å²) in [4.78, 5) is 11.0. The topological polar surface area (TPSA) is 70.3 Å². The van der Waals surface area contributed by atoms with E-state index >= 15 is 0 Å². The normalized spacial score (nSPS) is 10.8. The third-order valence-electron chi connectivity index (χ3n) is 2.46. The molecule has 0 unspecified atom stereocenters. The molecule has 0 bridgehead atoms. The summed E-state index contributed by atoms with van der Waals surface area (Å²) in [5, 5.41) is 18.3. The van der Waals surface area contributed by atoms with Gasteiger partial charge in [0.2, 0.25) is 0 Å². The van der Waals surface area contributed by atoms with Crippen molar-refractivity contribution in [1.29, 1.82) is 5.26 Å². The van der Waals surface area contributed by atoms with Gasteiger partial charge in [0.25, 0.3) is 0 Å². The molecule has 0 amide bonds. The molecule has 1 rings (SSSR count). The molecule has 0 aliphatic heterocycles. The number of halogens is 1. The van der Waals surface area contributed by atoms with Gasteiger partial charge < -0.3 is 9.84 Å². The third-order valence-corrected chi connectivity index (χ3v) is 2.70. The standard InChI is InChI=1S/C13H14ClNO3/c1-13(2,8-15)5-6-18-11-7-9(14)3-4-10(11)12(16)17/h3-4,7H,5-6H2,1-2H3,(H,16,17). The average Bonchev–Trinajstić information content (AvgIpc) is 2.28. The van der Waals surface area contributed by atoms with Crippen LogP contribution in [0.15, 0.2) is 18.2 Å². The first-order valence-electron chi connectivity index (χ1n) is 5.42. The molecular weight excluding hydrogens is 254 g/mol. The summed E-state index contributed by atoms with van der Waals surface area (Å²) >= 11 is 5.79. The molecule has 1 aromatic rings. The Balaban J connectivity index is 2.76. The van der Waals surface area contributed by atoms with E-state index < -0.39 is 11.4 Å². The molecule has 96 valence electrons. The molecule has 0 aliphatic carbocycles. The summed E-state index contributed by atoms with van der Waals surface area (Å²) in [6.07, 6.45) is 0.509. The molecule has 0 radical (unpaired) electrons. The zero-order valence-corrected chi connectivity index (χ0v) is 11.0. The van der Waals surface area contributed by atoms with Crippen LogP contribution >= 0.6 is 11.6 Å². The predicted octanol–water partition coefficient (Wildman–Crippen LogP) is 3.36. The molecule has 0 heterocycles. The number of rotatable bonds is 5. The Morgan fingerprint density at radius 2 is 2.22 bits per heavy atom. The van der Waals surface area contributed by atoms with E-state index in [0.717, 1.165) is 0 Å². The van der Waals surface area contributed by atoms with E-state index in [1.807, 2.05) is 0 Å². The van der Waals surface area contributed by atoms with Crippen LogP contribution in [0.5, 0.6) is 5.75 Å². The predicted molar refractivity (Wildman–Crippen MR) is 67.9 cm³/mol. The van der Waals surface area contributed by atoms with Crippen LogP contribution in [0.4, 0.5) is 0 Å². The van der Waals surface area contributed by atoms with E-state index in [0.29, 0.717) is 11.4 Å². The number of aromatic carboxylic acids is 1. The van der Waals surface area contributed by atoms with Gasteiger partial charge in [-0.3, -0.25) is 0 Å². The molecule has 0 aliphatic rings. The maximum atomic E-state index is 11.0. The molecule has 0 saturated carbocycles. The summed E-state index contributed by atoms with van der Waals surface area (Å²) in [6, 6.07) is 6.51. The fraction of sp³-hybridized carbons (Fsp3) is 0.385. The molecular formula is C13H14ClNO3. The third kappa shape index (κ3) is 3.94. The van der Waals surface area contributed by atoms with Gasteiger partial charge in [0, 0.05) is 5.02 Å². The first-order chi connectivity index (χ1) is 8.35. The second-order valence-corrected chi connectivity index (χ2v) is 4.98. The lowest BCUT2D eigenvalue weighted by molar-refractivity contribution is 0.0692. The molecule has 5 heteroatoms. The SMILES string of the molecule is CC(C)(C#N)CCOc1cc(Cl)ccc1C(=O)O. The van der Waals surface area contributed by atoms with E-state index in [4.69, 9.17) is 26.7 Å². The fourth-order valence-corrected chi connectivity index (χ4v) is 1.43. The summed E-state index contributed by atoms with van der Waals surface area (Å²) in [5.74, 6) is -0.843. The number of hydrogen-bond donors (Lipinski definition) is 1. The second kappa shape index (κ2) is 5.74. The van der Waals surface area contributed by atoms with Crippen molar-refractivity contribution in [3.63, 3.8) is 0 Å². The van der Waals surface area contributed by atoms with Crippen molar-refractivity contribution in [3.8, 4) is 11.8 Å². The zero-order chi connectivity index (χ0) is 13.8. The van der Waals surface area contributed by atoms with Gasteiger partial charge in [-0.1, -0.05) is 11.6 Å². The number of benzene rings is 1. The van der Waals surface area contributed by atoms with Gasteiger partial charge >= 0.3 is 5.97 Å². The molecule has 0 fully saturated rings. The largest absolute Gasteiger partial charge is 0.493 e. The van der Waals surface area contributed by atoms with Gasteiger partial charge in [0.15, 0.2) is 0 Å². The van der Waals surface area contributed by atoms with Crippen molar-refractivity contribution in [2.75, 3.05) is 6.61 Å². The van der Waals surface area contributed by atoms with Crippen LogP contribution in [0.3, 0.4) is 0 Å². The van der Waals surface area contributed by atoms with E-state index in [1.54, 1.807) is 13.8 Å². The quantitative estimate of drug-likeness (QED) is 0.888. The number of nitriles is 1. The number of carbonyl (C=O) groups is 1. The molecule has 1 aromatic carbocycles. The molecule has 0 aromatic heterocycles. The molecule has 0 atom stereocenters. The van der Waals surface area contributed by atoms with Gasteiger partial charge in [-0.15, -0.1) is 0 Å². The van der Waals surface area contributed by atoms with Gasteiger partial charge in [0.05, 0.1) is 18.1 Å². The highest BCUT2D eigenvalue weighted by molar-refractivity contribution is 6.30. The Kier molecular flexibility index (Phi) is 4.57. The van der Waals surface area contributed by atoms with Crippen molar-refractivity contribution >= 4 is 17.6 Å². The number of hydrogen-bond acceptors (Lipinski definition) is 3. The van der Waals surface area contributed by atoms with E-state index in [1.165, 1.54) is 18.2 Å². The number of nitrogens with zero attached hydrogens (tertiary/aromatic N) is 1. The Morgan fingerprint density at radius 3 is 2.78 bits per heavy atom. The Morgan fingerprint density at radius 1 is 1.56 bits per heavy atom. The Hall–Kier alpha value is -1.73. The summed E-state index contributed by atoms with van der Waals surface area (Å²) in [5.41, 5.74) is -0.434. The van der Waals surface area contributed by atoms with E-state index in [9.17, 15) is 4.79 Å². The first kappa shape index (κ1) is 14.3. The van der Waals surface area contributed by atoms with Crippen LogP contribution in [0.1, 0.15) is 30.6 Å². The number of carboxylic acid groups (broad SMARTS) is 1. The van der Waals surface area contributed by atoms with Gasteiger partial charge in [-0.25, -0.2) is 4.79 Å². The molecule has 4 nitrogen and oxygen atoms in total. The maximum Gasteiger partial charge on any atom is 0.339 e. The van der Waals surface area contributed by atoms with Crippen molar-refractivity contribution in [1.82, 2.24) is 0 Å². The smallest absolute Gasteiger partial charge is 0.339 e. The van der Waals surface area contributed by atoms with Gasteiger partial charge in [-0.2, -0.15) is 5.26 Å².